The van der Waals surface area contributed by atoms with Gasteiger partial charge in [0.1, 0.15) is 16.4 Å². The first kappa shape index (κ1) is 15.4. The minimum atomic E-state index is -1.03. The van der Waals surface area contributed by atoms with Crippen molar-refractivity contribution in [1.29, 1.82) is 0 Å². The Bertz CT molecular complexity index is 1080. The summed E-state index contributed by atoms with van der Waals surface area (Å²) in [4.78, 5) is 15.0. The van der Waals surface area contributed by atoms with Crippen LogP contribution in [0.2, 0.25) is 0 Å². The van der Waals surface area contributed by atoms with Crippen LogP contribution in [0.5, 0.6) is 0 Å². The molecule has 0 bridgehead atoms. The van der Waals surface area contributed by atoms with Gasteiger partial charge in [-0.25, -0.2) is 9.18 Å². The fourth-order valence-corrected chi connectivity index (χ4v) is 3.82. The molecule has 0 fully saturated rings. The molecule has 0 saturated carbocycles. The van der Waals surface area contributed by atoms with E-state index in [1.165, 1.54) is 23.5 Å². The van der Waals surface area contributed by atoms with Crippen molar-refractivity contribution < 1.29 is 14.3 Å². The molecule has 2 aromatic heterocycles. The summed E-state index contributed by atoms with van der Waals surface area (Å²) in [5, 5.41) is 16.0. The highest BCUT2D eigenvalue weighted by Gasteiger charge is 2.21. The van der Waals surface area contributed by atoms with E-state index in [2.05, 4.69) is 10.3 Å². The number of rotatable bonds is 4. The lowest BCUT2D eigenvalue weighted by molar-refractivity contribution is 0.0699. The number of anilines is 2. The van der Waals surface area contributed by atoms with Gasteiger partial charge < -0.3 is 15.4 Å². The number of hydrogen-bond donors (Lipinski definition) is 3. The first-order valence-electron chi connectivity index (χ1n) is 7.57. The third kappa shape index (κ3) is 2.77. The van der Waals surface area contributed by atoms with E-state index >= 15 is 0 Å². The lowest BCUT2D eigenvalue weighted by Crippen LogP contribution is -2.01. The van der Waals surface area contributed by atoms with Crippen LogP contribution < -0.4 is 5.32 Å². The quantitative estimate of drug-likeness (QED) is 0.456. The van der Waals surface area contributed by atoms with Crippen LogP contribution in [0.4, 0.5) is 15.1 Å². The van der Waals surface area contributed by atoms with Crippen LogP contribution in [0.25, 0.3) is 22.0 Å². The molecule has 4 aromatic rings. The Balaban J connectivity index is 1.82. The summed E-state index contributed by atoms with van der Waals surface area (Å²) < 4.78 is 13.4. The van der Waals surface area contributed by atoms with E-state index < -0.39 is 5.97 Å². The number of carbonyl (C=O) groups is 1. The van der Waals surface area contributed by atoms with Crippen molar-refractivity contribution in [2.45, 2.75) is 0 Å². The maximum absolute atomic E-state index is 13.4. The fraction of sp³-hybridized carbons (Fsp3) is 0. The molecule has 2 heterocycles. The van der Waals surface area contributed by atoms with E-state index in [0.29, 0.717) is 16.3 Å². The van der Waals surface area contributed by atoms with Crippen molar-refractivity contribution in [2.24, 2.45) is 0 Å². The summed E-state index contributed by atoms with van der Waals surface area (Å²) in [5.74, 6) is -1.41. The predicted molar refractivity (Wildman–Crippen MR) is 98.3 cm³/mol. The van der Waals surface area contributed by atoms with Crippen molar-refractivity contribution in [3.63, 3.8) is 0 Å². The maximum atomic E-state index is 13.4. The Labute approximate surface area is 146 Å². The number of hydrogen-bond acceptors (Lipinski definition) is 3. The molecule has 3 N–H and O–H groups in total. The number of para-hydroxylation sites is 1. The zero-order valence-corrected chi connectivity index (χ0v) is 13.7. The normalized spacial score (nSPS) is 10.9. The Morgan fingerprint density at radius 3 is 2.76 bits per heavy atom. The van der Waals surface area contributed by atoms with Gasteiger partial charge in [0, 0.05) is 39.3 Å². The molecule has 0 aliphatic heterocycles. The molecule has 4 nitrogen and oxygen atoms in total. The Kier molecular flexibility index (Phi) is 3.74. The van der Waals surface area contributed by atoms with Gasteiger partial charge in [-0.2, -0.15) is 0 Å². The van der Waals surface area contributed by atoms with E-state index in [0.717, 1.165) is 16.5 Å². The van der Waals surface area contributed by atoms with Gasteiger partial charge in [0.25, 0.3) is 0 Å². The lowest BCUT2D eigenvalue weighted by atomic mass is 10.0. The molecule has 0 aliphatic carbocycles. The van der Waals surface area contributed by atoms with Crippen LogP contribution in [0, 0.1) is 5.82 Å². The largest absolute Gasteiger partial charge is 0.478 e. The van der Waals surface area contributed by atoms with Gasteiger partial charge in [0.05, 0.1) is 0 Å². The molecular weight excluding hydrogens is 339 g/mol. The van der Waals surface area contributed by atoms with Gasteiger partial charge in [0.15, 0.2) is 0 Å². The Hall–Kier alpha value is -3.12. The number of aromatic carboxylic acids is 1. The number of halogens is 1. The van der Waals surface area contributed by atoms with E-state index in [-0.39, 0.29) is 11.4 Å². The maximum Gasteiger partial charge on any atom is 0.339 e. The van der Waals surface area contributed by atoms with Crippen LogP contribution in [0.15, 0.2) is 60.1 Å². The highest BCUT2D eigenvalue weighted by atomic mass is 32.1. The van der Waals surface area contributed by atoms with Crippen molar-refractivity contribution in [2.75, 3.05) is 5.32 Å². The van der Waals surface area contributed by atoms with Gasteiger partial charge in [-0.1, -0.05) is 24.3 Å². The highest BCUT2D eigenvalue weighted by molar-refractivity contribution is 7.15. The topological polar surface area (TPSA) is 65.1 Å². The van der Waals surface area contributed by atoms with E-state index in [9.17, 15) is 14.3 Å². The average molecular weight is 352 g/mol. The average Bonchev–Trinajstić information content (AvgIpc) is 3.18. The second kappa shape index (κ2) is 6.07. The number of carboxylic acid groups (broad SMARTS) is 1. The van der Waals surface area contributed by atoms with Crippen LogP contribution in [-0.4, -0.2) is 16.1 Å². The first-order chi connectivity index (χ1) is 12.1. The van der Waals surface area contributed by atoms with E-state index in [4.69, 9.17) is 0 Å². The molecule has 0 saturated heterocycles. The van der Waals surface area contributed by atoms with Gasteiger partial charge in [-0.15, -0.1) is 11.3 Å². The number of aromatic amines is 1. The fourth-order valence-electron chi connectivity index (χ4n) is 2.85. The minimum absolute atomic E-state index is 0.180. The molecule has 6 heteroatoms. The van der Waals surface area contributed by atoms with Crippen molar-refractivity contribution in [3.8, 4) is 11.1 Å². The van der Waals surface area contributed by atoms with Crippen molar-refractivity contribution in [1.82, 2.24) is 4.98 Å². The summed E-state index contributed by atoms with van der Waals surface area (Å²) in [5.41, 5.74) is 3.10. The lowest BCUT2D eigenvalue weighted by Gasteiger charge is -2.06. The van der Waals surface area contributed by atoms with Crippen LogP contribution >= 0.6 is 11.3 Å². The van der Waals surface area contributed by atoms with Crippen molar-refractivity contribution in [3.05, 3.63) is 71.5 Å². The summed E-state index contributed by atoms with van der Waals surface area (Å²) in [6.07, 6.45) is 1.81. The molecule has 0 aliphatic rings. The number of carboxylic acids is 1. The molecule has 0 amide bonds. The van der Waals surface area contributed by atoms with Crippen LogP contribution in [0.1, 0.15) is 10.4 Å². The van der Waals surface area contributed by atoms with Gasteiger partial charge >= 0.3 is 5.97 Å². The standard InChI is InChI=1S/C19H13FN2O2S/c20-11-4-3-5-12(8-11)22-18-17(19(23)24)15(10-25-18)14-9-21-16-7-2-1-6-13(14)16/h1-10,21-22H,(H,23,24). The molecule has 0 spiro atoms. The zero-order chi connectivity index (χ0) is 17.4. The third-order valence-corrected chi connectivity index (χ3v) is 4.86. The summed E-state index contributed by atoms with van der Waals surface area (Å²) in [7, 11) is 0. The zero-order valence-electron chi connectivity index (χ0n) is 12.9. The minimum Gasteiger partial charge on any atom is -0.478 e. The second-order valence-electron chi connectivity index (χ2n) is 5.54. The predicted octanol–water partition coefficient (Wildman–Crippen LogP) is 5.48. The van der Waals surface area contributed by atoms with Gasteiger partial charge in [0.2, 0.25) is 0 Å². The highest BCUT2D eigenvalue weighted by Crippen LogP contribution is 2.39. The van der Waals surface area contributed by atoms with Crippen LogP contribution in [-0.2, 0) is 0 Å². The summed E-state index contributed by atoms with van der Waals surface area (Å²) >= 11 is 1.28. The molecule has 124 valence electrons. The monoisotopic (exact) mass is 352 g/mol. The molecule has 4 rings (SSSR count). The van der Waals surface area contributed by atoms with Gasteiger partial charge in [-0.05, 0) is 24.3 Å². The number of benzene rings is 2. The molecule has 0 unspecified atom stereocenters. The van der Waals surface area contributed by atoms with E-state index in [1.54, 1.807) is 17.5 Å². The molecular formula is C19H13FN2O2S. The van der Waals surface area contributed by atoms with E-state index in [1.807, 2.05) is 30.5 Å². The SMILES string of the molecule is O=C(O)c1c(-c2c[nH]c3ccccc23)csc1Nc1cccc(F)c1. The number of fused-ring (bicyclic) bond motifs is 1. The third-order valence-electron chi connectivity index (χ3n) is 3.97. The summed E-state index contributed by atoms with van der Waals surface area (Å²) in [6.45, 7) is 0. The second-order valence-corrected chi connectivity index (χ2v) is 6.42. The first-order valence-corrected chi connectivity index (χ1v) is 8.45. The smallest absolute Gasteiger partial charge is 0.339 e. The Morgan fingerprint density at radius 1 is 1.12 bits per heavy atom. The Morgan fingerprint density at radius 2 is 1.96 bits per heavy atom. The van der Waals surface area contributed by atoms with Gasteiger partial charge in [-0.3, -0.25) is 0 Å². The number of nitrogens with one attached hydrogen (secondary N) is 2. The molecule has 0 radical (unpaired) electrons. The van der Waals surface area contributed by atoms with Crippen molar-refractivity contribution >= 4 is 38.9 Å². The number of aromatic nitrogens is 1. The van der Waals surface area contributed by atoms with Crippen LogP contribution in [0.3, 0.4) is 0 Å². The summed E-state index contributed by atoms with van der Waals surface area (Å²) in [6, 6.07) is 13.7. The number of thiophene rings is 1. The molecule has 2 aromatic carbocycles. The molecule has 0 atom stereocenters. The number of H-pyrrole nitrogens is 1. The molecule has 25 heavy (non-hydrogen) atoms.